The largest absolute Gasteiger partial charge is 0.497 e. The second kappa shape index (κ2) is 5.86. The van der Waals surface area contributed by atoms with E-state index in [4.69, 9.17) is 15.3 Å². The number of benzene rings is 1. The maximum atomic E-state index is 5.66. The van der Waals surface area contributed by atoms with E-state index in [0.717, 1.165) is 22.6 Å². The Labute approximate surface area is 110 Å². The first kappa shape index (κ1) is 12.9. The van der Waals surface area contributed by atoms with E-state index >= 15 is 0 Å². The number of methoxy groups -OCH3 is 2. The molecular formula is C13H16N2O2S. The SMILES string of the molecule is COc1ccc(C(NN)c2ccsc2)c(OC)c1. The molecule has 2 aromatic rings. The highest BCUT2D eigenvalue weighted by atomic mass is 32.1. The van der Waals surface area contributed by atoms with Gasteiger partial charge in [0.15, 0.2) is 0 Å². The van der Waals surface area contributed by atoms with Gasteiger partial charge in [0.2, 0.25) is 0 Å². The summed E-state index contributed by atoms with van der Waals surface area (Å²) in [5.41, 5.74) is 4.92. The summed E-state index contributed by atoms with van der Waals surface area (Å²) in [6.45, 7) is 0. The second-order valence-corrected chi connectivity index (χ2v) is 4.54. The van der Waals surface area contributed by atoms with Crippen molar-refractivity contribution in [3.05, 3.63) is 46.2 Å². The number of hydrogen-bond donors (Lipinski definition) is 2. The number of nitrogens with one attached hydrogen (secondary N) is 1. The van der Waals surface area contributed by atoms with E-state index in [2.05, 4.69) is 10.8 Å². The molecule has 18 heavy (non-hydrogen) atoms. The molecule has 0 radical (unpaired) electrons. The first-order valence-corrected chi connectivity index (χ1v) is 6.44. The van der Waals surface area contributed by atoms with Crippen LogP contribution in [0.25, 0.3) is 0 Å². The molecule has 0 amide bonds. The molecular weight excluding hydrogens is 248 g/mol. The number of hydrazine groups is 1. The van der Waals surface area contributed by atoms with Crippen LogP contribution >= 0.6 is 11.3 Å². The zero-order chi connectivity index (χ0) is 13.0. The van der Waals surface area contributed by atoms with Gasteiger partial charge < -0.3 is 9.47 Å². The van der Waals surface area contributed by atoms with Gasteiger partial charge >= 0.3 is 0 Å². The maximum Gasteiger partial charge on any atom is 0.127 e. The predicted molar refractivity (Wildman–Crippen MR) is 73.0 cm³/mol. The van der Waals surface area contributed by atoms with Crippen molar-refractivity contribution in [2.45, 2.75) is 6.04 Å². The van der Waals surface area contributed by atoms with Crippen LogP contribution in [0, 0.1) is 0 Å². The molecule has 0 fully saturated rings. The van der Waals surface area contributed by atoms with Crippen LogP contribution in [-0.2, 0) is 0 Å². The van der Waals surface area contributed by atoms with Crippen LogP contribution in [0.4, 0.5) is 0 Å². The Hall–Kier alpha value is -1.56. The van der Waals surface area contributed by atoms with Crippen LogP contribution in [0.3, 0.4) is 0 Å². The normalized spacial score (nSPS) is 12.2. The smallest absolute Gasteiger partial charge is 0.127 e. The monoisotopic (exact) mass is 264 g/mol. The van der Waals surface area contributed by atoms with E-state index in [9.17, 15) is 0 Å². The average molecular weight is 264 g/mol. The van der Waals surface area contributed by atoms with Gasteiger partial charge in [-0.25, -0.2) is 5.43 Å². The summed E-state index contributed by atoms with van der Waals surface area (Å²) in [4.78, 5) is 0. The van der Waals surface area contributed by atoms with Crippen molar-refractivity contribution in [3.8, 4) is 11.5 Å². The molecule has 1 aromatic heterocycles. The molecule has 0 saturated carbocycles. The summed E-state index contributed by atoms with van der Waals surface area (Å²) in [6, 6.07) is 7.66. The number of nitrogens with two attached hydrogens (primary N) is 1. The van der Waals surface area contributed by atoms with Gasteiger partial charge in [-0.1, -0.05) is 0 Å². The van der Waals surface area contributed by atoms with Gasteiger partial charge in [-0.3, -0.25) is 5.84 Å². The molecule has 0 saturated heterocycles. The molecule has 4 nitrogen and oxygen atoms in total. The molecule has 0 aliphatic heterocycles. The highest BCUT2D eigenvalue weighted by Gasteiger charge is 2.17. The minimum Gasteiger partial charge on any atom is -0.497 e. The maximum absolute atomic E-state index is 5.66. The van der Waals surface area contributed by atoms with Crippen LogP contribution < -0.4 is 20.7 Å². The molecule has 2 rings (SSSR count). The van der Waals surface area contributed by atoms with E-state index in [-0.39, 0.29) is 6.04 Å². The Bertz CT molecular complexity index is 500. The van der Waals surface area contributed by atoms with Gasteiger partial charge in [-0.15, -0.1) is 0 Å². The van der Waals surface area contributed by atoms with Crippen molar-refractivity contribution < 1.29 is 9.47 Å². The highest BCUT2D eigenvalue weighted by Crippen LogP contribution is 2.33. The third kappa shape index (κ3) is 2.48. The van der Waals surface area contributed by atoms with Crippen molar-refractivity contribution in [2.24, 2.45) is 5.84 Å². The zero-order valence-corrected chi connectivity index (χ0v) is 11.2. The van der Waals surface area contributed by atoms with E-state index in [1.54, 1.807) is 25.6 Å². The van der Waals surface area contributed by atoms with Crippen LogP contribution in [0.15, 0.2) is 35.0 Å². The van der Waals surface area contributed by atoms with Crippen molar-refractivity contribution in [1.82, 2.24) is 5.43 Å². The van der Waals surface area contributed by atoms with Gasteiger partial charge in [-0.2, -0.15) is 11.3 Å². The molecule has 0 aliphatic carbocycles. The molecule has 0 aliphatic rings. The fourth-order valence-electron chi connectivity index (χ4n) is 1.86. The minimum absolute atomic E-state index is 0.0860. The molecule has 1 heterocycles. The van der Waals surface area contributed by atoms with Crippen molar-refractivity contribution >= 4 is 11.3 Å². The lowest BCUT2D eigenvalue weighted by molar-refractivity contribution is 0.387. The number of hydrogen-bond acceptors (Lipinski definition) is 5. The molecule has 1 unspecified atom stereocenters. The highest BCUT2D eigenvalue weighted by molar-refractivity contribution is 7.08. The lowest BCUT2D eigenvalue weighted by Crippen LogP contribution is -2.28. The average Bonchev–Trinajstić information content (AvgIpc) is 2.94. The number of rotatable bonds is 5. The van der Waals surface area contributed by atoms with E-state index in [1.165, 1.54) is 0 Å². The van der Waals surface area contributed by atoms with Gasteiger partial charge in [-0.05, 0) is 34.5 Å². The van der Waals surface area contributed by atoms with Crippen LogP contribution in [0.5, 0.6) is 11.5 Å². The fraction of sp³-hybridized carbons (Fsp3) is 0.231. The standard InChI is InChI=1S/C13H16N2O2S/c1-16-10-3-4-11(12(7-10)17-2)13(15-14)9-5-6-18-8-9/h3-8,13,15H,14H2,1-2H3. The Kier molecular flexibility index (Phi) is 4.19. The third-order valence-corrected chi connectivity index (χ3v) is 3.50. The van der Waals surface area contributed by atoms with E-state index in [1.807, 2.05) is 29.6 Å². The minimum atomic E-state index is -0.0860. The van der Waals surface area contributed by atoms with E-state index in [0.29, 0.717) is 0 Å². The lowest BCUT2D eigenvalue weighted by atomic mass is 10.0. The molecule has 3 N–H and O–H groups in total. The summed E-state index contributed by atoms with van der Waals surface area (Å²) in [5.74, 6) is 7.17. The molecule has 1 atom stereocenters. The second-order valence-electron chi connectivity index (χ2n) is 3.76. The van der Waals surface area contributed by atoms with Gasteiger partial charge in [0, 0.05) is 11.6 Å². The molecule has 96 valence electrons. The van der Waals surface area contributed by atoms with Gasteiger partial charge in [0.25, 0.3) is 0 Å². The van der Waals surface area contributed by atoms with Crippen molar-refractivity contribution in [1.29, 1.82) is 0 Å². The molecule has 1 aromatic carbocycles. The van der Waals surface area contributed by atoms with Crippen LogP contribution in [-0.4, -0.2) is 14.2 Å². The summed E-state index contributed by atoms with van der Waals surface area (Å²) in [6.07, 6.45) is 0. The lowest BCUT2D eigenvalue weighted by Gasteiger charge is -2.18. The quantitative estimate of drug-likeness (QED) is 0.643. The molecule has 0 spiro atoms. The van der Waals surface area contributed by atoms with Crippen molar-refractivity contribution in [3.63, 3.8) is 0 Å². The summed E-state index contributed by atoms with van der Waals surface area (Å²) >= 11 is 1.64. The predicted octanol–water partition coefficient (Wildman–Crippen LogP) is 2.32. The summed E-state index contributed by atoms with van der Waals surface area (Å²) < 4.78 is 10.6. The van der Waals surface area contributed by atoms with Crippen LogP contribution in [0.2, 0.25) is 0 Å². The Morgan fingerprint density at radius 2 is 2.06 bits per heavy atom. The van der Waals surface area contributed by atoms with Crippen molar-refractivity contribution in [2.75, 3.05) is 14.2 Å². The topological polar surface area (TPSA) is 56.5 Å². The van der Waals surface area contributed by atoms with Gasteiger partial charge in [0.05, 0.1) is 20.3 Å². The fourth-order valence-corrected chi connectivity index (χ4v) is 2.55. The van der Waals surface area contributed by atoms with Gasteiger partial charge in [0.1, 0.15) is 11.5 Å². The van der Waals surface area contributed by atoms with E-state index < -0.39 is 0 Å². The first-order chi connectivity index (χ1) is 8.80. The Balaban J connectivity index is 2.42. The molecule has 0 bridgehead atoms. The Morgan fingerprint density at radius 1 is 1.22 bits per heavy atom. The summed E-state index contributed by atoms with van der Waals surface area (Å²) in [5, 5.41) is 4.09. The summed E-state index contributed by atoms with van der Waals surface area (Å²) in [7, 11) is 3.27. The molecule has 5 heteroatoms. The Morgan fingerprint density at radius 3 is 2.61 bits per heavy atom. The third-order valence-electron chi connectivity index (χ3n) is 2.79. The zero-order valence-electron chi connectivity index (χ0n) is 10.3. The first-order valence-electron chi connectivity index (χ1n) is 5.50. The number of thiophene rings is 1. The van der Waals surface area contributed by atoms with Crippen LogP contribution in [0.1, 0.15) is 17.2 Å². The number of ether oxygens (including phenoxy) is 2.